The van der Waals surface area contributed by atoms with E-state index in [1.807, 2.05) is 45.2 Å². The highest BCUT2D eigenvalue weighted by molar-refractivity contribution is 6.35. The zero-order valence-corrected chi connectivity index (χ0v) is 11.6. The van der Waals surface area contributed by atoms with Gasteiger partial charge in [-0.05, 0) is 38.5 Å². The quantitative estimate of drug-likeness (QED) is 0.859. The van der Waals surface area contributed by atoms with E-state index in [4.69, 9.17) is 11.6 Å². The van der Waals surface area contributed by atoms with E-state index in [0.717, 1.165) is 16.5 Å². The lowest BCUT2D eigenvalue weighted by Crippen LogP contribution is -2.41. The normalized spacial score (nSPS) is 11.8. The number of amides is 1. The molecule has 2 N–H and O–H groups in total. The molecule has 1 aromatic heterocycles. The van der Waals surface area contributed by atoms with Gasteiger partial charge in [0.25, 0.3) is 0 Å². The molecule has 0 saturated carbocycles. The van der Waals surface area contributed by atoms with E-state index in [9.17, 15) is 4.79 Å². The van der Waals surface area contributed by atoms with Crippen molar-refractivity contribution >= 4 is 28.4 Å². The van der Waals surface area contributed by atoms with Crippen LogP contribution in [0.2, 0.25) is 5.02 Å². The second-order valence-corrected chi connectivity index (χ2v) is 5.86. The van der Waals surface area contributed by atoms with Gasteiger partial charge in [0.15, 0.2) is 0 Å². The lowest BCUT2D eigenvalue weighted by atomic mass is 10.1. The van der Waals surface area contributed by atoms with E-state index >= 15 is 0 Å². The van der Waals surface area contributed by atoms with Crippen molar-refractivity contribution in [2.75, 3.05) is 0 Å². The molecule has 0 spiro atoms. The average molecular weight is 265 g/mol. The van der Waals surface area contributed by atoms with E-state index in [1.54, 1.807) is 0 Å². The summed E-state index contributed by atoms with van der Waals surface area (Å²) in [5.41, 5.74) is 1.67. The monoisotopic (exact) mass is 264 g/mol. The number of H-pyrrole nitrogens is 1. The fourth-order valence-corrected chi connectivity index (χ4v) is 2.28. The van der Waals surface area contributed by atoms with Crippen LogP contribution in [0, 0.1) is 0 Å². The Kier molecular flexibility index (Phi) is 3.35. The molecule has 2 rings (SSSR count). The van der Waals surface area contributed by atoms with Crippen LogP contribution in [-0.4, -0.2) is 16.4 Å². The summed E-state index contributed by atoms with van der Waals surface area (Å²) in [6.45, 7) is 5.90. The molecule has 2 aromatic rings. The number of fused-ring (bicyclic) bond motifs is 1. The molecule has 3 nitrogen and oxygen atoms in total. The first-order valence-electron chi connectivity index (χ1n) is 5.92. The highest BCUT2D eigenvalue weighted by Gasteiger charge is 2.16. The summed E-state index contributed by atoms with van der Waals surface area (Å²) < 4.78 is 0. The molecule has 0 atom stereocenters. The van der Waals surface area contributed by atoms with Crippen LogP contribution < -0.4 is 5.32 Å². The summed E-state index contributed by atoms with van der Waals surface area (Å²) >= 11 is 6.17. The molecule has 1 aromatic carbocycles. The van der Waals surface area contributed by atoms with E-state index in [0.29, 0.717) is 11.4 Å². The Balaban J connectivity index is 2.25. The summed E-state index contributed by atoms with van der Waals surface area (Å²) in [6, 6.07) is 5.68. The lowest BCUT2D eigenvalue weighted by Gasteiger charge is -2.20. The SMILES string of the molecule is CC(C)(C)NC(=O)Cc1c[nH]c2cccc(Cl)c12. The van der Waals surface area contributed by atoms with Gasteiger partial charge in [-0.3, -0.25) is 4.79 Å². The van der Waals surface area contributed by atoms with Crippen molar-refractivity contribution in [2.45, 2.75) is 32.7 Å². The molecule has 0 radical (unpaired) electrons. The summed E-state index contributed by atoms with van der Waals surface area (Å²) in [6.07, 6.45) is 2.18. The van der Waals surface area contributed by atoms with Crippen LogP contribution >= 0.6 is 11.6 Å². The molecule has 96 valence electrons. The predicted molar refractivity (Wildman–Crippen MR) is 74.9 cm³/mol. The predicted octanol–water partition coefficient (Wildman–Crippen LogP) is 3.28. The molecule has 0 aliphatic heterocycles. The third-order valence-corrected chi connectivity index (χ3v) is 2.92. The van der Waals surface area contributed by atoms with Gasteiger partial charge in [-0.15, -0.1) is 0 Å². The number of carbonyl (C=O) groups is 1. The van der Waals surface area contributed by atoms with Crippen LogP contribution in [0.1, 0.15) is 26.3 Å². The Hall–Kier alpha value is -1.48. The van der Waals surface area contributed by atoms with Crippen molar-refractivity contribution < 1.29 is 4.79 Å². The maximum Gasteiger partial charge on any atom is 0.224 e. The van der Waals surface area contributed by atoms with Crippen molar-refractivity contribution in [1.29, 1.82) is 0 Å². The number of carbonyl (C=O) groups excluding carboxylic acids is 1. The van der Waals surface area contributed by atoms with Gasteiger partial charge >= 0.3 is 0 Å². The standard InChI is InChI=1S/C14H17ClN2O/c1-14(2,3)17-12(18)7-9-8-16-11-6-4-5-10(15)13(9)11/h4-6,8,16H,7H2,1-3H3,(H,17,18). The molecular formula is C14H17ClN2O. The van der Waals surface area contributed by atoms with Gasteiger partial charge in [0.2, 0.25) is 5.91 Å². The van der Waals surface area contributed by atoms with Gasteiger partial charge in [-0.25, -0.2) is 0 Å². The van der Waals surface area contributed by atoms with Crippen LogP contribution in [0.4, 0.5) is 0 Å². The summed E-state index contributed by atoms with van der Waals surface area (Å²) in [7, 11) is 0. The fraction of sp³-hybridized carbons (Fsp3) is 0.357. The van der Waals surface area contributed by atoms with E-state index in [2.05, 4.69) is 10.3 Å². The lowest BCUT2D eigenvalue weighted by molar-refractivity contribution is -0.121. The topological polar surface area (TPSA) is 44.9 Å². The smallest absolute Gasteiger partial charge is 0.224 e. The summed E-state index contributed by atoms with van der Waals surface area (Å²) in [5.74, 6) is 0.00307. The van der Waals surface area contributed by atoms with Crippen LogP contribution in [0.3, 0.4) is 0 Å². The highest BCUT2D eigenvalue weighted by Crippen LogP contribution is 2.26. The Morgan fingerprint density at radius 3 is 2.78 bits per heavy atom. The first-order valence-corrected chi connectivity index (χ1v) is 6.30. The second-order valence-electron chi connectivity index (χ2n) is 5.45. The largest absolute Gasteiger partial charge is 0.361 e. The number of aromatic amines is 1. The molecule has 0 aliphatic carbocycles. The highest BCUT2D eigenvalue weighted by atomic mass is 35.5. The summed E-state index contributed by atoms with van der Waals surface area (Å²) in [4.78, 5) is 15.0. The third-order valence-electron chi connectivity index (χ3n) is 2.60. The van der Waals surface area contributed by atoms with Crippen molar-refractivity contribution in [3.8, 4) is 0 Å². The van der Waals surface area contributed by atoms with Gasteiger partial charge in [0.1, 0.15) is 0 Å². The van der Waals surface area contributed by atoms with Gasteiger partial charge in [-0.1, -0.05) is 17.7 Å². The Bertz CT molecular complexity index is 581. The molecule has 0 aliphatic rings. The second kappa shape index (κ2) is 4.65. The van der Waals surface area contributed by atoms with Crippen molar-refractivity contribution in [3.05, 3.63) is 35.0 Å². The van der Waals surface area contributed by atoms with Crippen molar-refractivity contribution in [2.24, 2.45) is 0 Å². The number of halogens is 1. The number of aromatic nitrogens is 1. The van der Waals surface area contributed by atoms with E-state index in [-0.39, 0.29) is 11.4 Å². The average Bonchev–Trinajstić information content (AvgIpc) is 2.59. The summed E-state index contributed by atoms with van der Waals surface area (Å²) in [5, 5.41) is 4.55. The molecule has 4 heteroatoms. The molecule has 0 saturated heterocycles. The first-order chi connectivity index (χ1) is 8.37. The molecule has 18 heavy (non-hydrogen) atoms. The molecule has 0 fully saturated rings. The molecule has 0 unspecified atom stereocenters. The maximum absolute atomic E-state index is 11.9. The van der Waals surface area contributed by atoms with Crippen LogP contribution in [0.15, 0.2) is 24.4 Å². The van der Waals surface area contributed by atoms with Crippen LogP contribution in [-0.2, 0) is 11.2 Å². The van der Waals surface area contributed by atoms with Crippen molar-refractivity contribution in [3.63, 3.8) is 0 Å². The minimum absolute atomic E-state index is 0.00307. The molecule has 1 amide bonds. The van der Waals surface area contributed by atoms with Gasteiger partial charge < -0.3 is 10.3 Å². The van der Waals surface area contributed by atoms with Gasteiger partial charge in [0, 0.05) is 22.6 Å². The number of hydrogen-bond donors (Lipinski definition) is 2. The third kappa shape index (κ3) is 2.85. The number of rotatable bonds is 2. The molecule has 0 bridgehead atoms. The zero-order chi connectivity index (χ0) is 13.3. The van der Waals surface area contributed by atoms with Crippen molar-refractivity contribution in [1.82, 2.24) is 10.3 Å². The van der Waals surface area contributed by atoms with Gasteiger partial charge in [-0.2, -0.15) is 0 Å². The fourth-order valence-electron chi connectivity index (χ4n) is 1.98. The maximum atomic E-state index is 11.9. The van der Waals surface area contributed by atoms with Crippen LogP contribution in [0.5, 0.6) is 0 Å². The van der Waals surface area contributed by atoms with E-state index in [1.165, 1.54) is 0 Å². The number of nitrogens with one attached hydrogen (secondary N) is 2. The Morgan fingerprint density at radius 1 is 1.39 bits per heavy atom. The minimum Gasteiger partial charge on any atom is -0.361 e. The number of hydrogen-bond acceptors (Lipinski definition) is 1. The number of benzene rings is 1. The van der Waals surface area contributed by atoms with Crippen LogP contribution in [0.25, 0.3) is 10.9 Å². The molecular weight excluding hydrogens is 248 g/mol. The Morgan fingerprint density at radius 2 is 2.11 bits per heavy atom. The minimum atomic E-state index is -0.215. The first kappa shape index (κ1) is 13.0. The van der Waals surface area contributed by atoms with Gasteiger partial charge in [0.05, 0.1) is 11.4 Å². The van der Waals surface area contributed by atoms with E-state index < -0.39 is 0 Å². The molecule has 1 heterocycles. The Labute approximate surface area is 112 Å². The zero-order valence-electron chi connectivity index (χ0n) is 10.8.